The van der Waals surface area contributed by atoms with E-state index in [0.29, 0.717) is 42.3 Å². The van der Waals surface area contributed by atoms with Gasteiger partial charge in [0.15, 0.2) is 11.5 Å². The molecule has 1 aromatic heterocycles. The summed E-state index contributed by atoms with van der Waals surface area (Å²) < 4.78 is 39.8. The predicted octanol–water partition coefficient (Wildman–Crippen LogP) is 3.51. The number of hydrogen-bond donors (Lipinski definition) is 1. The number of nitro benzene ring substituents is 1. The number of non-ortho nitro benzene ring substituents is 1. The summed E-state index contributed by atoms with van der Waals surface area (Å²) in [6.45, 7) is 4.53. The second kappa shape index (κ2) is 11.4. The van der Waals surface area contributed by atoms with Gasteiger partial charge < -0.3 is 14.8 Å². The molecule has 2 aromatic carbocycles. The number of hydrogen-bond acceptors (Lipinski definition) is 8. The molecule has 12 nitrogen and oxygen atoms in total. The molecule has 0 spiro atoms. The Kier molecular flexibility index (Phi) is 8.21. The molecule has 0 bridgehead atoms. The number of amides is 1. The first-order chi connectivity index (χ1) is 18.5. The number of nitro groups is 1. The second-order valence-corrected chi connectivity index (χ2v) is 11.2. The topological polar surface area (TPSA) is 146 Å². The van der Waals surface area contributed by atoms with Crippen molar-refractivity contribution >= 4 is 27.3 Å². The van der Waals surface area contributed by atoms with Crippen LogP contribution in [-0.2, 0) is 21.4 Å². The molecule has 1 aliphatic heterocycles. The van der Waals surface area contributed by atoms with Crippen molar-refractivity contribution in [3.63, 3.8) is 0 Å². The highest BCUT2D eigenvalue weighted by molar-refractivity contribution is 7.89. The Labute approximate surface area is 226 Å². The maximum Gasteiger partial charge on any atom is 0.269 e. The first-order valence-electron chi connectivity index (χ1n) is 12.4. The highest BCUT2D eigenvalue weighted by Crippen LogP contribution is 2.30. The van der Waals surface area contributed by atoms with E-state index in [4.69, 9.17) is 9.47 Å². The van der Waals surface area contributed by atoms with Gasteiger partial charge in [0.2, 0.25) is 15.9 Å². The molecule has 0 unspecified atom stereocenters. The van der Waals surface area contributed by atoms with Crippen LogP contribution in [0, 0.1) is 29.9 Å². The minimum absolute atomic E-state index is 0.0101. The molecule has 0 radical (unpaired) electrons. The van der Waals surface area contributed by atoms with Crippen LogP contribution in [0.1, 0.15) is 29.8 Å². The average molecular weight is 558 g/mol. The van der Waals surface area contributed by atoms with Gasteiger partial charge in [-0.25, -0.2) is 8.42 Å². The number of carbonyl (C=O) groups excluding carboxylic acids is 1. The van der Waals surface area contributed by atoms with E-state index in [-0.39, 0.29) is 35.5 Å². The molecule has 1 aliphatic rings. The van der Waals surface area contributed by atoms with Gasteiger partial charge >= 0.3 is 0 Å². The number of ether oxygens (including phenoxy) is 2. The third kappa shape index (κ3) is 5.88. The van der Waals surface area contributed by atoms with Gasteiger partial charge in [-0.05, 0) is 56.5 Å². The van der Waals surface area contributed by atoms with Crippen LogP contribution < -0.4 is 14.8 Å². The lowest BCUT2D eigenvalue weighted by molar-refractivity contribution is -0.384. The quantitative estimate of drug-likeness (QED) is 0.311. The van der Waals surface area contributed by atoms with Crippen molar-refractivity contribution < 1.29 is 27.6 Å². The maximum absolute atomic E-state index is 13.1. The van der Waals surface area contributed by atoms with Crippen molar-refractivity contribution in [3.8, 4) is 11.5 Å². The van der Waals surface area contributed by atoms with Gasteiger partial charge in [-0.1, -0.05) is 6.07 Å². The number of rotatable bonds is 9. The number of aryl methyl sites for hydroxylation is 1. The van der Waals surface area contributed by atoms with Crippen LogP contribution in [0.4, 0.5) is 11.4 Å². The number of carbonyl (C=O) groups is 1. The normalized spacial score (nSPS) is 14.7. The Bertz CT molecular complexity index is 1480. The van der Waals surface area contributed by atoms with E-state index in [1.54, 1.807) is 14.2 Å². The minimum atomic E-state index is -3.81. The Morgan fingerprint density at radius 2 is 1.72 bits per heavy atom. The summed E-state index contributed by atoms with van der Waals surface area (Å²) in [4.78, 5) is 23.4. The molecule has 0 aliphatic carbocycles. The van der Waals surface area contributed by atoms with Crippen molar-refractivity contribution in [1.29, 1.82) is 0 Å². The van der Waals surface area contributed by atoms with Crippen molar-refractivity contribution in [2.75, 3.05) is 32.6 Å². The minimum Gasteiger partial charge on any atom is -0.493 e. The van der Waals surface area contributed by atoms with Crippen LogP contribution >= 0.6 is 0 Å². The molecule has 13 heteroatoms. The van der Waals surface area contributed by atoms with Crippen LogP contribution in [0.3, 0.4) is 0 Å². The number of aromatic nitrogens is 2. The number of methoxy groups -OCH3 is 2. The van der Waals surface area contributed by atoms with Gasteiger partial charge in [0.05, 0.1) is 47.7 Å². The van der Waals surface area contributed by atoms with E-state index in [2.05, 4.69) is 10.4 Å². The molecule has 0 saturated carbocycles. The van der Waals surface area contributed by atoms with E-state index in [0.717, 1.165) is 11.3 Å². The summed E-state index contributed by atoms with van der Waals surface area (Å²) in [5.74, 6) is 0.710. The molecule has 3 aromatic rings. The molecule has 2 heterocycles. The fourth-order valence-electron chi connectivity index (χ4n) is 4.66. The number of nitrogens with one attached hydrogen (secondary N) is 1. The van der Waals surface area contributed by atoms with E-state index in [9.17, 15) is 23.3 Å². The Morgan fingerprint density at radius 1 is 1.08 bits per heavy atom. The van der Waals surface area contributed by atoms with Crippen LogP contribution in [0.15, 0.2) is 47.4 Å². The molecule has 1 amide bonds. The second-order valence-electron chi connectivity index (χ2n) is 9.31. The average Bonchev–Trinajstić information content (AvgIpc) is 3.20. The van der Waals surface area contributed by atoms with Crippen LogP contribution in [0.5, 0.6) is 11.5 Å². The lowest BCUT2D eigenvalue weighted by Gasteiger charge is -2.30. The molecule has 39 heavy (non-hydrogen) atoms. The van der Waals surface area contributed by atoms with E-state index < -0.39 is 14.9 Å². The zero-order chi connectivity index (χ0) is 28.3. The summed E-state index contributed by atoms with van der Waals surface area (Å²) in [5.41, 5.74) is 2.90. The molecule has 1 N–H and O–H groups in total. The molecule has 0 atom stereocenters. The number of anilines is 1. The maximum atomic E-state index is 13.1. The Morgan fingerprint density at radius 3 is 2.31 bits per heavy atom. The summed E-state index contributed by atoms with van der Waals surface area (Å²) in [6.07, 6.45) is 0.714. The molecular formula is C26H31N5O7S. The zero-order valence-electron chi connectivity index (χ0n) is 22.2. The van der Waals surface area contributed by atoms with Crippen molar-refractivity contribution in [1.82, 2.24) is 14.1 Å². The van der Waals surface area contributed by atoms with Gasteiger partial charge in [-0.3, -0.25) is 19.6 Å². The molecule has 208 valence electrons. The van der Waals surface area contributed by atoms with Crippen LogP contribution in [0.2, 0.25) is 0 Å². The van der Waals surface area contributed by atoms with Gasteiger partial charge in [0.25, 0.3) is 5.69 Å². The first kappa shape index (κ1) is 28.0. The highest BCUT2D eigenvalue weighted by Gasteiger charge is 2.33. The molecule has 4 rings (SSSR count). The van der Waals surface area contributed by atoms with Gasteiger partial charge in [-0.15, -0.1) is 0 Å². The number of piperidine rings is 1. The number of sulfonamides is 1. The Hall–Kier alpha value is -3.97. The van der Waals surface area contributed by atoms with E-state index >= 15 is 0 Å². The largest absolute Gasteiger partial charge is 0.493 e. The van der Waals surface area contributed by atoms with Crippen molar-refractivity contribution in [2.24, 2.45) is 5.92 Å². The van der Waals surface area contributed by atoms with Crippen LogP contribution in [0.25, 0.3) is 0 Å². The zero-order valence-corrected chi connectivity index (χ0v) is 23.0. The molecule has 1 fully saturated rings. The highest BCUT2D eigenvalue weighted by atomic mass is 32.2. The predicted molar refractivity (Wildman–Crippen MR) is 144 cm³/mol. The molecule has 1 saturated heterocycles. The summed E-state index contributed by atoms with van der Waals surface area (Å²) in [6, 6.07) is 10.4. The first-order valence-corrected chi connectivity index (χ1v) is 13.8. The van der Waals surface area contributed by atoms with E-state index in [1.165, 1.54) is 28.6 Å². The van der Waals surface area contributed by atoms with Crippen molar-refractivity contribution in [2.45, 2.75) is 38.1 Å². The summed E-state index contributed by atoms with van der Waals surface area (Å²) in [7, 11) is -0.657. The van der Waals surface area contributed by atoms with Gasteiger partial charge in [-0.2, -0.15) is 9.40 Å². The van der Waals surface area contributed by atoms with E-state index in [1.807, 2.05) is 36.7 Å². The SMILES string of the molecule is COc1ccc(Cn2nc(C)c(NC(=O)C3CCN(S(=O)(=O)c4ccc([N+](=O)[O-])cc4)CC3)c2C)cc1OC. The summed E-state index contributed by atoms with van der Waals surface area (Å²) >= 11 is 0. The van der Waals surface area contributed by atoms with Gasteiger partial charge in [0, 0.05) is 31.1 Å². The van der Waals surface area contributed by atoms with Crippen LogP contribution in [-0.4, -0.2) is 60.6 Å². The smallest absolute Gasteiger partial charge is 0.269 e. The fraction of sp³-hybridized carbons (Fsp3) is 0.385. The lowest BCUT2D eigenvalue weighted by Crippen LogP contribution is -2.41. The lowest BCUT2D eigenvalue weighted by atomic mass is 9.97. The third-order valence-corrected chi connectivity index (χ3v) is 8.83. The number of benzene rings is 2. The monoisotopic (exact) mass is 557 g/mol. The Balaban J connectivity index is 1.39. The summed E-state index contributed by atoms with van der Waals surface area (Å²) in [5, 5.41) is 18.5. The number of nitrogens with zero attached hydrogens (tertiary/aromatic N) is 4. The third-order valence-electron chi connectivity index (χ3n) is 6.92. The standard InChI is InChI=1S/C26H31N5O7S/c1-17-25(18(2)30(28-17)16-19-5-10-23(37-3)24(15-19)38-4)27-26(32)20-11-13-29(14-12-20)39(35,36)22-8-6-21(7-9-22)31(33)34/h5-10,15,20H,11-14,16H2,1-4H3,(H,27,32). The molecular weight excluding hydrogens is 526 g/mol. The van der Waals surface area contributed by atoms with Gasteiger partial charge in [0.1, 0.15) is 0 Å². The van der Waals surface area contributed by atoms with Crippen molar-refractivity contribution in [3.05, 3.63) is 69.5 Å². The fourth-order valence-corrected chi connectivity index (χ4v) is 6.13.